The van der Waals surface area contributed by atoms with Crippen LogP contribution in [0.4, 0.5) is 5.69 Å². The van der Waals surface area contributed by atoms with Crippen LogP contribution in [0.1, 0.15) is 27.4 Å². The Kier molecular flexibility index (Phi) is 4.42. The quantitative estimate of drug-likeness (QED) is 0.669. The van der Waals surface area contributed by atoms with Crippen LogP contribution in [0.5, 0.6) is 5.75 Å². The number of amides is 2. The molecule has 1 atom stereocenters. The number of benzene rings is 2. The van der Waals surface area contributed by atoms with E-state index < -0.39 is 5.92 Å². The Bertz CT molecular complexity index is 984. The molecule has 0 saturated heterocycles. The predicted molar refractivity (Wildman–Crippen MR) is 102 cm³/mol. The third-order valence-electron chi connectivity index (χ3n) is 4.77. The van der Waals surface area contributed by atoms with Crippen molar-refractivity contribution >= 4 is 17.5 Å². The second-order valence-corrected chi connectivity index (χ2v) is 6.38. The number of pyridine rings is 1. The number of rotatable bonds is 4. The van der Waals surface area contributed by atoms with Gasteiger partial charge in [-0.3, -0.25) is 14.6 Å². The fourth-order valence-corrected chi connectivity index (χ4v) is 3.42. The van der Waals surface area contributed by atoms with Gasteiger partial charge in [-0.25, -0.2) is 4.90 Å². The summed E-state index contributed by atoms with van der Waals surface area (Å²) < 4.78 is 5.14. The van der Waals surface area contributed by atoms with E-state index in [9.17, 15) is 9.59 Å². The van der Waals surface area contributed by atoms with Gasteiger partial charge >= 0.3 is 0 Å². The smallest absolute Gasteiger partial charge is 0.265 e. The van der Waals surface area contributed by atoms with Gasteiger partial charge in [-0.1, -0.05) is 24.3 Å². The van der Waals surface area contributed by atoms with Gasteiger partial charge in [0, 0.05) is 18.0 Å². The van der Waals surface area contributed by atoms with Crippen LogP contribution in [0.3, 0.4) is 0 Å². The molecule has 0 aliphatic carbocycles. The molecule has 0 fully saturated rings. The Morgan fingerprint density at radius 3 is 2.56 bits per heavy atom. The maximum absolute atomic E-state index is 13.2. The van der Waals surface area contributed by atoms with Gasteiger partial charge in [-0.05, 0) is 53.9 Å². The summed E-state index contributed by atoms with van der Waals surface area (Å²) in [6, 6.07) is 18.0. The predicted octanol–water partition coefficient (Wildman–Crippen LogP) is 3.60. The third-order valence-corrected chi connectivity index (χ3v) is 4.77. The van der Waals surface area contributed by atoms with Crippen molar-refractivity contribution in [2.75, 3.05) is 12.0 Å². The summed E-state index contributed by atoms with van der Waals surface area (Å²) >= 11 is 0. The van der Waals surface area contributed by atoms with Crippen molar-refractivity contribution in [1.82, 2.24) is 4.98 Å². The molecule has 0 spiro atoms. The first kappa shape index (κ1) is 17.0. The van der Waals surface area contributed by atoms with E-state index in [0.717, 1.165) is 11.1 Å². The average molecular weight is 358 g/mol. The third kappa shape index (κ3) is 3.08. The average Bonchev–Trinajstić information content (AvgIpc) is 3.00. The topological polar surface area (TPSA) is 59.5 Å². The lowest BCUT2D eigenvalue weighted by atomic mass is 9.94. The second-order valence-electron chi connectivity index (χ2n) is 6.38. The summed E-state index contributed by atoms with van der Waals surface area (Å²) in [6.45, 7) is 0. The van der Waals surface area contributed by atoms with Gasteiger partial charge in [-0.2, -0.15) is 0 Å². The van der Waals surface area contributed by atoms with E-state index in [4.69, 9.17) is 4.74 Å². The summed E-state index contributed by atoms with van der Waals surface area (Å²) in [5.41, 5.74) is 2.93. The monoisotopic (exact) mass is 358 g/mol. The van der Waals surface area contributed by atoms with Crippen LogP contribution in [0.25, 0.3) is 0 Å². The number of anilines is 1. The highest BCUT2D eigenvalue weighted by Crippen LogP contribution is 2.39. The van der Waals surface area contributed by atoms with Crippen LogP contribution < -0.4 is 9.64 Å². The zero-order valence-corrected chi connectivity index (χ0v) is 14.8. The molecule has 5 nitrogen and oxygen atoms in total. The fraction of sp³-hybridized carbons (Fsp3) is 0.136. The molecule has 0 bridgehead atoms. The van der Waals surface area contributed by atoms with Gasteiger partial charge in [0.05, 0.1) is 18.7 Å². The fourth-order valence-electron chi connectivity index (χ4n) is 3.42. The van der Waals surface area contributed by atoms with Gasteiger partial charge in [0.15, 0.2) is 0 Å². The lowest BCUT2D eigenvalue weighted by Crippen LogP contribution is -2.35. The zero-order chi connectivity index (χ0) is 18.8. The number of imide groups is 1. The molecule has 27 heavy (non-hydrogen) atoms. The Labute approximate surface area is 157 Å². The number of aromatic nitrogens is 1. The number of para-hydroxylation sites is 1. The standard InChI is InChI=1S/C22H18N2O3/c1-27-17-10-8-16(9-11-17)21(25)24-20-7-3-2-6-18(20)19(22(24)26)13-15-5-4-12-23-14-15/h2-12,14,19H,13H2,1H3. The Morgan fingerprint density at radius 2 is 1.85 bits per heavy atom. The Balaban J connectivity index is 1.69. The van der Waals surface area contributed by atoms with E-state index in [2.05, 4.69) is 4.98 Å². The van der Waals surface area contributed by atoms with E-state index in [-0.39, 0.29) is 11.8 Å². The number of hydrogen-bond acceptors (Lipinski definition) is 4. The van der Waals surface area contributed by atoms with Gasteiger partial charge in [0.25, 0.3) is 5.91 Å². The van der Waals surface area contributed by atoms with E-state index >= 15 is 0 Å². The van der Waals surface area contributed by atoms with E-state index in [1.54, 1.807) is 43.8 Å². The molecule has 0 N–H and O–H groups in total. The molecule has 0 saturated carbocycles. The first-order valence-electron chi connectivity index (χ1n) is 8.69. The molecule has 0 radical (unpaired) electrons. The minimum atomic E-state index is -0.396. The molecule has 3 aromatic rings. The van der Waals surface area contributed by atoms with E-state index in [1.165, 1.54) is 4.90 Å². The molecule has 134 valence electrons. The zero-order valence-electron chi connectivity index (χ0n) is 14.8. The normalized spacial score (nSPS) is 15.5. The van der Waals surface area contributed by atoms with E-state index in [0.29, 0.717) is 23.4 Å². The van der Waals surface area contributed by atoms with Crippen molar-refractivity contribution in [2.24, 2.45) is 0 Å². The summed E-state index contributed by atoms with van der Waals surface area (Å²) in [6.07, 6.45) is 3.97. The largest absolute Gasteiger partial charge is 0.497 e. The minimum absolute atomic E-state index is 0.208. The molecule has 1 unspecified atom stereocenters. The molecule has 2 heterocycles. The minimum Gasteiger partial charge on any atom is -0.497 e. The van der Waals surface area contributed by atoms with Crippen LogP contribution in [0.2, 0.25) is 0 Å². The molecule has 1 aliphatic rings. The van der Waals surface area contributed by atoms with Crippen molar-refractivity contribution in [3.63, 3.8) is 0 Å². The van der Waals surface area contributed by atoms with Gasteiger partial charge < -0.3 is 4.74 Å². The summed E-state index contributed by atoms with van der Waals surface area (Å²) in [7, 11) is 1.57. The van der Waals surface area contributed by atoms with Crippen LogP contribution in [-0.2, 0) is 11.2 Å². The van der Waals surface area contributed by atoms with Gasteiger partial charge in [0.2, 0.25) is 5.91 Å². The Morgan fingerprint density at radius 1 is 1.07 bits per heavy atom. The second kappa shape index (κ2) is 7.03. The van der Waals surface area contributed by atoms with Crippen molar-refractivity contribution in [3.05, 3.63) is 89.7 Å². The molecular formula is C22H18N2O3. The van der Waals surface area contributed by atoms with Crippen molar-refractivity contribution in [1.29, 1.82) is 0 Å². The number of ether oxygens (including phenoxy) is 1. The SMILES string of the molecule is COc1ccc(C(=O)N2C(=O)C(Cc3cccnc3)c3ccccc32)cc1. The first-order chi connectivity index (χ1) is 13.2. The number of methoxy groups -OCH3 is 1. The molecule has 5 heteroatoms. The first-order valence-corrected chi connectivity index (χ1v) is 8.69. The van der Waals surface area contributed by atoms with Gasteiger partial charge in [-0.15, -0.1) is 0 Å². The summed E-state index contributed by atoms with van der Waals surface area (Å²) in [4.78, 5) is 31.6. The number of fused-ring (bicyclic) bond motifs is 1. The molecular weight excluding hydrogens is 340 g/mol. The van der Waals surface area contributed by atoms with Crippen LogP contribution >= 0.6 is 0 Å². The molecule has 4 rings (SSSR count). The van der Waals surface area contributed by atoms with Crippen LogP contribution in [0, 0.1) is 0 Å². The lowest BCUT2D eigenvalue weighted by Gasteiger charge is -2.16. The number of carbonyl (C=O) groups excluding carboxylic acids is 2. The van der Waals surface area contributed by atoms with Crippen LogP contribution in [-0.4, -0.2) is 23.9 Å². The highest BCUT2D eigenvalue weighted by atomic mass is 16.5. The van der Waals surface area contributed by atoms with Crippen LogP contribution in [0.15, 0.2) is 73.1 Å². The highest BCUT2D eigenvalue weighted by molar-refractivity contribution is 6.25. The molecule has 1 aliphatic heterocycles. The van der Waals surface area contributed by atoms with Crippen molar-refractivity contribution in [2.45, 2.75) is 12.3 Å². The summed E-state index contributed by atoms with van der Waals surface area (Å²) in [5, 5.41) is 0. The van der Waals surface area contributed by atoms with Crippen molar-refractivity contribution < 1.29 is 14.3 Å². The Hall–Kier alpha value is -3.47. The molecule has 2 amide bonds. The van der Waals surface area contributed by atoms with Crippen molar-refractivity contribution in [3.8, 4) is 5.75 Å². The highest BCUT2D eigenvalue weighted by Gasteiger charge is 2.40. The maximum atomic E-state index is 13.2. The molecule has 2 aromatic carbocycles. The lowest BCUT2D eigenvalue weighted by molar-refractivity contribution is -0.118. The maximum Gasteiger partial charge on any atom is 0.265 e. The van der Waals surface area contributed by atoms with E-state index in [1.807, 2.05) is 36.4 Å². The van der Waals surface area contributed by atoms with Gasteiger partial charge in [0.1, 0.15) is 5.75 Å². The summed E-state index contributed by atoms with van der Waals surface area (Å²) in [5.74, 6) is -0.272. The molecule has 1 aromatic heterocycles. The number of carbonyl (C=O) groups is 2. The number of hydrogen-bond donors (Lipinski definition) is 0. The number of nitrogens with zero attached hydrogens (tertiary/aromatic N) is 2.